The summed E-state index contributed by atoms with van der Waals surface area (Å²) < 4.78 is 201. The zero-order chi connectivity index (χ0) is 73.3. The molecule has 0 radical (unpaired) electrons. The first-order valence-electron chi connectivity index (χ1n) is 34.8. The number of hydrogen-bond donors (Lipinski definition) is 3. The molecule has 9 heterocycles. The fourth-order valence-electron chi connectivity index (χ4n) is 8.53. The van der Waals surface area contributed by atoms with Gasteiger partial charge in [-0.25, -0.2) is 49.6 Å². The van der Waals surface area contributed by atoms with Crippen molar-refractivity contribution in [3.8, 4) is 0 Å². The van der Waals surface area contributed by atoms with E-state index in [0.29, 0.717) is 28.4 Å². The Bertz CT molecular complexity index is 4140. The molecule has 3 aliphatic heterocycles. The number of anilines is 3. The average Bonchev–Trinajstić information content (AvgIpc) is 1.73. The predicted molar refractivity (Wildman–Crippen MR) is 278 cm³/mol. The fourth-order valence-corrected chi connectivity index (χ4v) is 8.53. The first kappa shape index (κ1) is 28.2. The molecule has 0 unspecified atom stereocenters. The van der Waals surface area contributed by atoms with Gasteiger partial charge in [0, 0.05) is 95.1 Å². The van der Waals surface area contributed by atoms with Crippen LogP contribution < -0.4 is 14.7 Å². The summed E-state index contributed by atoms with van der Waals surface area (Å²) in [5.41, 5.74) is 1.49. The van der Waals surface area contributed by atoms with Gasteiger partial charge >= 0.3 is 17.7 Å². The van der Waals surface area contributed by atoms with Crippen molar-refractivity contribution in [1.29, 1.82) is 0 Å². The third kappa shape index (κ3) is 11.5. The van der Waals surface area contributed by atoms with Crippen molar-refractivity contribution < 1.29 is 48.7 Å². The zero-order valence-electron chi connectivity index (χ0n) is 64.7. The second-order valence-corrected chi connectivity index (χ2v) is 17.2. The molecule has 3 saturated heterocycles. The number of rotatable bonds is 9. The van der Waals surface area contributed by atoms with Crippen LogP contribution in [0.1, 0.15) is 91.3 Å². The molecule has 3 fully saturated rings. The van der Waals surface area contributed by atoms with Crippen LogP contribution in [0.4, 0.5) is 17.5 Å². The Morgan fingerprint density at radius 3 is 1.33 bits per heavy atom. The Morgan fingerprint density at radius 1 is 0.611 bits per heavy atom. The summed E-state index contributed by atoms with van der Waals surface area (Å²) >= 11 is 0. The molecule has 72 heavy (non-hydrogen) atoms. The largest absolute Gasteiger partial charge is 0.354 e. The quantitative estimate of drug-likeness (QED) is 0.152. The predicted octanol–water partition coefficient (Wildman–Crippen LogP) is 5.58. The molecular formula is C51H66N18O3. The number of carbonyl (C=O) groups excluding carboxylic acids is 3. The van der Waals surface area contributed by atoms with Crippen LogP contribution in [0.15, 0.2) is 37.0 Å². The molecule has 9 rings (SSSR count). The molecule has 6 aromatic rings. The molecule has 21 nitrogen and oxygen atoms in total. The summed E-state index contributed by atoms with van der Waals surface area (Å²) in [5, 5.41) is 0.219. The molecule has 0 spiro atoms. The molecule has 3 N–H and O–H groups in total. The van der Waals surface area contributed by atoms with E-state index in [1.165, 1.54) is 6.92 Å². The number of carbonyl (C=O) groups is 3. The first-order chi connectivity index (χ1) is 44.4. The maximum atomic E-state index is 12.6. The van der Waals surface area contributed by atoms with E-state index in [-0.39, 0.29) is 120 Å². The summed E-state index contributed by atoms with van der Waals surface area (Å²) in [6, 6.07) is -3.58. The normalized spacial score (nSPS) is 28.2. The standard InChI is InChI=1S/3C17H22N6O/c3*1-11-5-6-23(15(24)8-18-3)9-14(11)22(4)17-13-7-12(2)21-16(13)19-10-20-17/h3*7,10-11,14H,5-6,8-9H2,1-2,4H3,(H,19,20,21)/t3*11-,14+/m111/s1/i4D3,7D,8D2,10D,11D;1D3,4D3,7D,8D2,10D;4D3,7D,8D2,10D. The van der Waals surface area contributed by atoms with E-state index in [9.17, 15) is 14.4 Å². The van der Waals surface area contributed by atoms with Crippen LogP contribution >= 0.6 is 0 Å². The molecule has 6 atom stereocenters. The number of fused-ring (bicyclic) bond motifs is 3. The maximum absolute atomic E-state index is 12.6. The van der Waals surface area contributed by atoms with Crippen LogP contribution in [0.3, 0.4) is 0 Å². The van der Waals surface area contributed by atoms with Crippen LogP contribution in [0.5, 0.6) is 0 Å². The Balaban J connectivity index is 0.000000205. The van der Waals surface area contributed by atoms with E-state index in [1.807, 2.05) is 6.92 Å². The molecule has 21 heteroatoms. The van der Waals surface area contributed by atoms with Gasteiger partial charge in [0.2, 0.25) is 0 Å². The third-order valence-electron chi connectivity index (χ3n) is 12.4. The fraction of sp³-hybridized carbons (Fsp3) is 0.529. The third-order valence-corrected chi connectivity index (χ3v) is 12.4. The molecule has 0 bridgehead atoms. The molecule has 0 aliphatic carbocycles. The number of nitrogens with one attached hydrogen (secondary N) is 3. The molecule has 0 saturated carbocycles. The summed E-state index contributed by atoms with van der Waals surface area (Å²) in [7, 11) is 0. The van der Waals surface area contributed by atoms with Gasteiger partial charge < -0.3 is 58.9 Å². The Kier molecular flexibility index (Phi) is 8.99. The lowest BCUT2D eigenvalue weighted by Gasteiger charge is -2.41. The number of aromatic amines is 3. The number of piperidine rings is 3. The topological polar surface area (TPSA) is 208 Å². The number of H-pyrrole nitrogens is 3. The van der Waals surface area contributed by atoms with Crippen LogP contribution in [0, 0.1) is 58.2 Å². The summed E-state index contributed by atoms with van der Waals surface area (Å²) in [6.07, 6.45) is -1.24. The molecule has 0 aromatic carbocycles. The highest BCUT2D eigenvalue weighted by Crippen LogP contribution is 2.32. The highest BCUT2D eigenvalue weighted by atomic mass is 16.2. The zero-order valence-corrected chi connectivity index (χ0v) is 39.7. The highest BCUT2D eigenvalue weighted by molar-refractivity contribution is 5.90. The highest BCUT2D eigenvalue weighted by Gasteiger charge is 2.36. The minimum Gasteiger partial charge on any atom is -0.354 e. The van der Waals surface area contributed by atoms with Gasteiger partial charge in [0.15, 0.2) is 0 Å². The van der Waals surface area contributed by atoms with Gasteiger partial charge in [-0.2, -0.15) is 0 Å². The van der Waals surface area contributed by atoms with Gasteiger partial charge in [0.25, 0.3) is 19.5 Å². The Labute approximate surface area is 456 Å². The van der Waals surface area contributed by atoms with Gasteiger partial charge in [0.1, 0.15) is 65.6 Å². The molecule has 6 aromatic heterocycles. The van der Waals surface area contributed by atoms with E-state index in [2.05, 4.69) is 59.4 Å². The van der Waals surface area contributed by atoms with E-state index in [1.54, 1.807) is 20.8 Å². The second-order valence-electron chi connectivity index (χ2n) is 17.2. The lowest BCUT2D eigenvalue weighted by molar-refractivity contribution is -0.131. The van der Waals surface area contributed by atoms with E-state index < -0.39 is 120 Å². The number of aromatic nitrogens is 9. The molecule has 3 amide bonds. The minimum absolute atomic E-state index is 0.0139. The smallest absolute Gasteiger partial charge is 0.302 e. The second kappa shape index (κ2) is 22.9. The van der Waals surface area contributed by atoms with Crippen LogP contribution in [-0.2, 0) is 14.4 Å². The number of hydrogen-bond acceptors (Lipinski definition) is 12. The van der Waals surface area contributed by atoms with Crippen molar-refractivity contribution in [2.45, 2.75) is 78.9 Å². The first-order valence-corrected chi connectivity index (χ1v) is 22.3. The van der Waals surface area contributed by atoms with E-state index in [0.717, 1.165) is 24.5 Å². The van der Waals surface area contributed by atoms with Crippen LogP contribution in [0.2, 0.25) is 0 Å². The number of likely N-dealkylation sites (N-methyl/N-ethyl adjacent to an activating group) is 3. The molecular weight excluding hydrogens is 913 g/mol. The van der Waals surface area contributed by atoms with Gasteiger partial charge in [0.05, 0.1) is 38.4 Å². The van der Waals surface area contributed by atoms with Gasteiger partial charge in [-0.1, -0.05) is 20.7 Å². The Morgan fingerprint density at radius 2 is 0.958 bits per heavy atom. The maximum Gasteiger partial charge on any atom is 0.302 e. The SMILES string of the molecule is [2H]c1nc(N([C@H]2CN(C(=O)C([2H])([2H])[N+]#[C-])CC[C@@]2([2H])C)C([2H])([2H])[2H])c2c([2H])c(C)[nH]c2n1.[2H]c1nc(N([C@H]2CN(C(=O)C([2H])([2H])[N+]#[C-])CC[C@H]2C([2H])([2H])[2H])C([2H])([2H])[2H])c2c([2H])c(C)[nH]c2n1.[2H]c1nc(N([C@H]2CN(C(=O)C([2H])([2H])[N+]#[C-])CC[C@H]2C)C([2H])([2H])[2H])c2c([2H])c(C)[nH]c2n1. The van der Waals surface area contributed by atoms with Crippen LogP contribution in [0.25, 0.3) is 47.6 Å². The van der Waals surface area contributed by atoms with Crippen molar-refractivity contribution >= 4 is 68.3 Å². The van der Waals surface area contributed by atoms with Gasteiger partial charge in [-0.3, -0.25) is 14.4 Å². The lowest BCUT2D eigenvalue weighted by Crippen LogP contribution is -2.53. The molecule has 3 aliphatic rings. The minimum atomic E-state index is -3.01. The number of aryl methyl sites for hydroxylation is 3. The monoisotopic (exact) mass is 1000 g/mol. The number of nitrogens with zero attached hydrogens (tertiary/aromatic N) is 15. The summed E-state index contributed by atoms with van der Waals surface area (Å²) in [5.74, 6) is -6.90. The van der Waals surface area contributed by atoms with Crippen LogP contribution in [-0.4, -0.2) is 175 Å². The van der Waals surface area contributed by atoms with Crippen molar-refractivity contribution in [3.63, 3.8) is 0 Å². The van der Waals surface area contributed by atoms with Crippen molar-refractivity contribution in [3.05, 3.63) is 88.4 Å². The lowest BCUT2D eigenvalue weighted by atomic mass is 9.92. The van der Waals surface area contributed by atoms with E-state index >= 15 is 0 Å². The van der Waals surface area contributed by atoms with Gasteiger partial charge in [-0.15, -0.1) is 0 Å². The Hall–Kier alpha value is -7.86. The summed E-state index contributed by atoms with van der Waals surface area (Å²) in [4.78, 5) is 83.8. The van der Waals surface area contributed by atoms with Crippen molar-refractivity contribution in [2.75, 3.05) is 94.4 Å². The van der Waals surface area contributed by atoms with Crippen molar-refractivity contribution in [2.24, 2.45) is 17.7 Å². The summed E-state index contributed by atoms with van der Waals surface area (Å²) in [6.45, 7) is 8.24. The average molecular weight is 1000 g/mol. The number of likely N-dealkylation sites (tertiary alicyclic amines) is 3. The van der Waals surface area contributed by atoms with Crippen molar-refractivity contribution in [1.82, 2.24) is 59.6 Å². The molecule has 378 valence electrons. The van der Waals surface area contributed by atoms with E-state index in [4.69, 9.17) is 54.0 Å². The van der Waals surface area contributed by atoms with Gasteiger partial charge in [-0.05, 0) is 75.9 Å². The number of amides is 3.